The first kappa shape index (κ1) is 20.9. The first-order valence-corrected chi connectivity index (χ1v) is 10.1. The Morgan fingerprint density at radius 3 is 2.56 bits per heavy atom. The Hall–Kier alpha value is -2.45. The third-order valence-electron chi connectivity index (χ3n) is 3.92. The standard InChI is InChI=1S/C19H25FN4O2S/c1-14-7-8-15(2)18(11-14)27(25,26)24-10-9-22-19(21-3)23-13-16-5-4-6-17(20)12-16/h4-8,11-12,24H,9-10,13H2,1-3H3,(H2,21,22,23). The largest absolute Gasteiger partial charge is 0.355 e. The number of nitrogens with one attached hydrogen (secondary N) is 3. The molecular weight excluding hydrogens is 367 g/mol. The molecule has 8 heteroatoms. The maximum Gasteiger partial charge on any atom is 0.240 e. The summed E-state index contributed by atoms with van der Waals surface area (Å²) in [6, 6.07) is 11.6. The molecule has 0 saturated carbocycles. The molecule has 0 atom stereocenters. The molecule has 146 valence electrons. The Morgan fingerprint density at radius 2 is 1.85 bits per heavy atom. The molecule has 6 nitrogen and oxygen atoms in total. The van der Waals surface area contributed by atoms with E-state index >= 15 is 0 Å². The molecule has 0 aliphatic rings. The lowest BCUT2D eigenvalue weighted by molar-refractivity contribution is 0.580. The van der Waals surface area contributed by atoms with E-state index in [-0.39, 0.29) is 17.3 Å². The lowest BCUT2D eigenvalue weighted by Gasteiger charge is -2.13. The summed E-state index contributed by atoms with van der Waals surface area (Å²) in [7, 11) is -1.96. The van der Waals surface area contributed by atoms with Gasteiger partial charge in [0.05, 0.1) is 4.90 Å². The molecular formula is C19H25FN4O2S. The van der Waals surface area contributed by atoms with Crippen molar-refractivity contribution in [3.05, 3.63) is 65.0 Å². The zero-order valence-corrected chi connectivity index (χ0v) is 16.5. The molecule has 3 N–H and O–H groups in total. The monoisotopic (exact) mass is 392 g/mol. The van der Waals surface area contributed by atoms with Crippen LogP contribution in [0.2, 0.25) is 0 Å². The molecule has 2 rings (SSSR count). The van der Waals surface area contributed by atoms with Gasteiger partial charge in [-0.15, -0.1) is 0 Å². The van der Waals surface area contributed by atoms with Crippen LogP contribution in [-0.2, 0) is 16.6 Å². The fourth-order valence-electron chi connectivity index (χ4n) is 2.49. The summed E-state index contributed by atoms with van der Waals surface area (Å²) in [6.07, 6.45) is 0. The van der Waals surface area contributed by atoms with Crippen molar-refractivity contribution in [2.45, 2.75) is 25.3 Å². The van der Waals surface area contributed by atoms with Crippen molar-refractivity contribution in [1.82, 2.24) is 15.4 Å². The maximum absolute atomic E-state index is 13.2. The molecule has 0 aliphatic heterocycles. The number of halogens is 1. The Balaban J connectivity index is 1.83. The lowest BCUT2D eigenvalue weighted by atomic mass is 10.2. The van der Waals surface area contributed by atoms with Crippen molar-refractivity contribution in [1.29, 1.82) is 0 Å². The summed E-state index contributed by atoms with van der Waals surface area (Å²) in [6.45, 7) is 4.59. The minimum absolute atomic E-state index is 0.205. The topological polar surface area (TPSA) is 82.6 Å². The van der Waals surface area contributed by atoms with Gasteiger partial charge < -0.3 is 10.6 Å². The van der Waals surface area contributed by atoms with Gasteiger partial charge in [0.25, 0.3) is 0 Å². The van der Waals surface area contributed by atoms with Crippen molar-refractivity contribution >= 4 is 16.0 Å². The van der Waals surface area contributed by atoms with Crippen LogP contribution < -0.4 is 15.4 Å². The molecule has 0 amide bonds. The van der Waals surface area contributed by atoms with Crippen LogP contribution in [0.5, 0.6) is 0 Å². The van der Waals surface area contributed by atoms with Gasteiger partial charge in [-0.25, -0.2) is 17.5 Å². The van der Waals surface area contributed by atoms with E-state index in [9.17, 15) is 12.8 Å². The second kappa shape index (κ2) is 9.48. The van der Waals surface area contributed by atoms with Gasteiger partial charge in [-0.2, -0.15) is 0 Å². The molecule has 0 fully saturated rings. The molecule has 2 aromatic carbocycles. The Kier molecular flexibility index (Phi) is 7.32. The van der Waals surface area contributed by atoms with Gasteiger partial charge in [0.1, 0.15) is 5.82 Å². The highest BCUT2D eigenvalue weighted by Crippen LogP contribution is 2.16. The number of hydrogen-bond donors (Lipinski definition) is 3. The van der Waals surface area contributed by atoms with E-state index in [1.165, 1.54) is 12.1 Å². The number of benzene rings is 2. The molecule has 0 heterocycles. The molecule has 0 saturated heterocycles. The van der Waals surface area contributed by atoms with E-state index in [1.807, 2.05) is 19.1 Å². The van der Waals surface area contributed by atoms with E-state index in [2.05, 4.69) is 20.3 Å². The Labute approximate surface area is 160 Å². The minimum Gasteiger partial charge on any atom is -0.355 e. The van der Waals surface area contributed by atoms with E-state index in [4.69, 9.17) is 0 Å². The lowest BCUT2D eigenvalue weighted by Crippen LogP contribution is -2.41. The zero-order chi connectivity index (χ0) is 19.9. The number of rotatable bonds is 7. The minimum atomic E-state index is -3.57. The first-order chi connectivity index (χ1) is 12.8. The molecule has 0 spiro atoms. The summed E-state index contributed by atoms with van der Waals surface area (Å²) in [5, 5.41) is 6.08. The van der Waals surface area contributed by atoms with Crippen molar-refractivity contribution < 1.29 is 12.8 Å². The predicted octanol–water partition coefficient (Wildman–Crippen LogP) is 2.09. The van der Waals surface area contributed by atoms with Crippen LogP contribution in [0.1, 0.15) is 16.7 Å². The molecule has 0 radical (unpaired) electrons. The molecule has 0 bridgehead atoms. The van der Waals surface area contributed by atoms with Crippen LogP contribution in [0.25, 0.3) is 0 Å². The van der Waals surface area contributed by atoms with Crippen LogP contribution in [0.3, 0.4) is 0 Å². The number of hydrogen-bond acceptors (Lipinski definition) is 3. The van der Waals surface area contributed by atoms with Gasteiger partial charge in [0, 0.05) is 26.7 Å². The maximum atomic E-state index is 13.2. The van der Waals surface area contributed by atoms with Gasteiger partial charge >= 0.3 is 0 Å². The second-order valence-electron chi connectivity index (χ2n) is 6.15. The fraction of sp³-hybridized carbons (Fsp3) is 0.316. The van der Waals surface area contributed by atoms with Crippen LogP contribution in [-0.4, -0.2) is 34.5 Å². The Morgan fingerprint density at radius 1 is 1.07 bits per heavy atom. The number of guanidine groups is 1. The summed E-state index contributed by atoms with van der Waals surface area (Å²) in [4.78, 5) is 4.35. The molecule has 0 aliphatic carbocycles. The first-order valence-electron chi connectivity index (χ1n) is 8.57. The van der Waals surface area contributed by atoms with Crippen LogP contribution >= 0.6 is 0 Å². The molecule has 0 unspecified atom stereocenters. The highest BCUT2D eigenvalue weighted by molar-refractivity contribution is 7.89. The van der Waals surface area contributed by atoms with Crippen molar-refractivity contribution in [3.8, 4) is 0 Å². The smallest absolute Gasteiger partial charge is 0.240 e. The van der Waals surface area contributed by atoms with Crippen molar-refractivity contribution in [3.63, 3.8) is 0 Å². The molecule has 2 aromatic rings. The number of aryl methyl sites for hydroxylation is 2. The summed E-state index contributed by atoms with van der Waals surface area (Å²) in [5.41, 5.74) is 2.38. The highest BCUT2D eigenvalue weighted by Gasteiger charge is 2.16. The normalized spacial score (nSPS) is 12.1. The average Bonchev–Trinajstić information content (AvgIpc) is 2.63. The fourth-order valence-corrected chi connectivity index (χ4v) is 3.85. The summed E-state index contributed by atoms with van der Waals surface area (Å²) >= 11 is 0. The Bertz CT molecular complexity index is 914. The van der Waals surface area contributed by atoms with Crippen LogP contribution in [0, 0.1) is 19.7 Å². The van der Waals surface area contributed by atoms with E-state index in [0.717, 1.165) is 11.1 Å². The SMILES string of the molecule is CN=C(NCCNS(=O)(=O)c1cc(C)ccc1C)NCc1cccc(F)c1. The van der Waals surface area contributed by atoms with Gasteiger partial charge in [0.2, 0.25) is 10.0 Å². The summed E-state index contributed by atoms with van der Waals surface area (Å²) < 4.78 is 40.7. The number of aliphatic imine (C=N–C) groups is 1. The predicted molar refractivity (Wildman–Crippen MR) is 106 cm³/mol. The third kappa shape index (κ3) is 6.33. The van der Waals surface area contributed by atoms with Gasteiger partial charge in [-0.05, 0) is 48.7 Å². The van der Waals surface area contributed by atoms with Gasteiger partial charge in [-0.3, -0.25) is 4.99 Å². The molecule has 0 aromatic heterocycles. The van der Waals surface area contributed by atoms with Crippen LogP contribution in [0.15, 0.2) is 52.4 Å². The zero-order valence-electron chi connectivity index (χ0n) is 15.7. The van der Waals surface area contributed by atoms with Crippen molar-refractivity contribution in [2.24, 2.45) is 4.99 Å². The summed E-state index contributed by atoms with van der Waals surface area (Å²) in [5.74, 6) is 0.211. The number of nitrogens with zero attached hydrogens (tertiary/aromatic N) is 1. The van der Waals surface area contributed by atoms with E-state index in [1.54, 1.807) is 32.2 Å². The van der Waals surface area contributed by atoms with Gasteiger partial charge in [0.15, 0.2) is 5.96 Å². The van der Waals surface area contributed by atoms with E-state index in [0.29, 0.717) is 24.6 Å². The van der Waals surface area contributed by atoms with Gasteiger partial charge in [-0.1, -0.05) is 24.3 Å². The second-order valence-corrected chi connectivity index (χ2v) is 7.88. The van der Waals surface area contributed by atoms with Crippen molar-refractivity contribution in [2.75, 3.05) is 20.1 Å². The molecule has 27 heavy (non-hydrogen) atoms. The average molecular weight is 393 g/mol. The van der Waals surface area contributed by atoms with E-state index < -0.39 is 10.0 Å². The number of sulfonamides is 1. The quantitative estimate of drug-likeness (QED) is 0.383. The highest BCUT2D eigenvalue weighted by atomic mass is 32.2. The van der Waals surface area contributed by atoms with Crippen LogP contribution in [0.4, 0.5) is 4.39 Å². The third-order valence-corrected chi connectivity index (χ3v) is 5.52.